The number of carbonyl (C=O) groups is 1. The van der Waals surface area contributed by atoms with Crippen LogP contribution in [-0.4, -0.2) is 43.8 Å². The smallest absolute Gasteiger partial charge is 0.361 e. The van der Waals surface area contributed by atoms with Crippen molar-refractivity contribution in [3.05, 3.63) is 30.1 Å². The van der Waals surface area contributed by atoms with Gasteiger partial charge in [-0.2, -0.15) is 0 Å². The molecule has 0 spiro atoms. The second-order valence-corrected chi connectivity index (χ2v) is 4.25. The van der Waals surface area contributed by atoms with Crippen molar-refractivity contribution in [1.29, 1.82) is 0 Å². The van der Waals surface area contributed by atoms with Gasteiger partial charge in [-0.3, -0.25) is 4.98 Å². The van der Waals surface area contributed by atoms with Gasteiger partial charge in [-0.25, -0.2) is 9.48 Å². The van der Waals surface area contributed by atoms with Crippen molar-refractivity contribution in [2.75, 3.05) is 6.61 Å². The lowest BCUT2D eigenvalue weighted by atomic mass is 10.2. The molecule has 0 amide bonds. The van der Waals surface area contributed by atoms with E-state index in [1.54, 1.807) is 38.2 Å². The molecule has 0 radical (unpaired) electrons. The minimum absolute atomic E-state index is 0.103. The molecule has 0 aliphatic rings. The summed E-state index contributed by atoms with van der Waals surface area (Å²) in [6.07, 6.45) is 0.999. The number of hydrogen-bond acceptors (Lipinski definition) is 6. The number of aromatic nitrogens is 4. The molecule has 1 atom stereocenters. The number of esters is 1. The van der Waals surface area contributed by atoms with Gasteiger partial charge in [0.2, 0.25) is 0 Å². The highest BCUT2D eigenvalue weighted by atomic mass is 16.5. The van der Waals surface area contributed by atoms with E-state index in [4.69, 9.17) is 4.74 Å². The molecule has 1 unspecified atom stereocenters. The lowest BCUT2D eigenvalue weighted by Gasteiger charge is -2.08. The molecule has 106 valence electrons. The predicted octanol–water partition coefficient (Wildman–Crippen LogP) is 0.898. The molecule has 0 aliphatic heterocycles. The highest BCUT2D eigenvalue weighted by molar-refractivity contribution is 5.93. The van der Waals surface area contributed by atoms with Crippen LogP contribution >= 0.6 is 0 Å². The largest absolute Gasteiger partial charge is 0.461 e. The van der Waals surface area contributed by atoms with Gasteiger partial charge in [0.25, 0.3) is 0 Å². The molecule has 2 heterocycles. The first-order valence-electron chi connectivity index (χ1n) is 6.33. The second kappa shape index (κ2) is 6.25. The zero-order valence-corrected chi connectivity index (χ0v) is 11.4. The van der Waals surface area contributed by atoms with Crippen LogP contribution in [0.15, 0.2) is 24.4 Å². The van der Waals surface area contributed by atoms with Crippen LogP contribution < -0.4 is 0 Å². The van der Waals surface area contributed by atoms with E-state index in [1.165, 1.54) is 4.68 Å². The summed E-state index contributed by atoms with van der Waals surface area (Å²) >= 11 is 0. The highest BCUT2D eigenvalue weighted by Crippen LogP contribution is 2.20. The number of hydrogen-bond donors (Lipinski definition) is 1. The van der Waals surface area contributed by atoms with Crippen molar-refractivity contribution in [2.45, 2.75) is 26.5 Å². The molecule has 7 nitrogen and oxygen atoms in total. The molecule has 0 fully saturated rings. The van der Waals surface area contributed by atoms with Gasteiger partial charge >= 0.3 is 5.97 Å². The monoisotopic (exact) mass is 276 g/mol. The molecular formula is C13H16N4O3. The van der Waals surface area contributed by atoms with Gasteiger partial charge in [0.1, 0.15) is 5.69 Å². The average Bonchev–Trinajstić information content (AvgIpc) is 2.83. The Morgan fingerprint density at radius 2 is 2.30 bits per heavy atom. The summed E-state index contributed by atoms with van der Waals surface area (Å²) in [7, 11) is 0. The maximum atomic E-state index is 11.9. The molecule has 20 heavy (non-hydrogen) atoms. The van der Waals surface area contributed by atoms with Crippen LogP contribution in [0.2, 0.25) is 0 Å². The van der Waals surface area contributed by atoms with Crippen LogP contribution in [0.5, 0.6) is 0 Å². The summed E-state index contributed by atoms with van der Waals surface area (Å²) in [6, 6.07) is 5.33. The van der Waals surface area contributed by atoms with Gasteiger partial charge in [0, 0.05) is 6.20 Å². The highest BCUT2D eigenvalue weighted by Gasteiger charge is 2.23. The van der Waals surface area contributed by atoms with Crippen LogP contribution in [-0.2, 0) is 11.3 Å². The fourth-order valence-corrected chi connectivity index (χ4v) is 1.78. The standard InChI is InChI=1S/C13H16N4O3/c1-3-20-13(19)11-12(10-6-4-5-7-14-10)17(16-15-11)8-9(2)18/h4-7,9,18H,3,8H2,1-2H3. The SMILES string of the molecule is CCOC(=O)c1nnn(CC(C)O)c1-c1ccccn1. The Balaban J connectivity index is 2.48. The first-order valence-corrected chi connectivity index (χ1v) is 6.33. The number of pyridine rings is 1. The third-order valence-corrected chi connectivity index (χ3v) is 2.55. The Kier molecular flexibility index (Phi) is 4.41. The minimum atomic E-state index is -0.616. The molecule has 0 aromatic carbocycles. The predicted molar refractivity (Wildman–Crippen MR) is 70.9 cm³/mol. The summed E-state index contributed by atoms with van der Waals surface area (Å²) < 4.78 is 6.42. The Bertz CT molecular complexity index is 581. The normalized spacial score (nSPS) is 12.2. The molecule has 7 heteroatoms. The Hall–Kier alpha value is -2.28. The van der Waals surface area contributed by atoms with E-state index in [9.17, 15) is 9.90 Å². The van der Waals surface area contributed by atoms with Crippen molar-refractivity contribution in [1.82, 2.24) is 20.0 Å². The molecule has 2 rings (SSSR count). The number of nitrogens with zero attached hydrogens (tertiary/aromatic N) is 4. The zero-order chi connectivity index (χ0) is 14.5. The van der Waals surface area contributed by atoms with Gasteiger partial charge in [-0.05, 0) is 26.0 Å². The lowest BCUT2D eigenvalue weighted by Crippen LogP contribution is -2.15. The molecule has 0 saturated carbocycles. The summed E-state index contributed by atoms with van der Waals surface area (Å²) in [5.74, 6) is -0.551. The quantitative estimate of drug-likeness (QED) is 0.816. The summed E-state index contributed by atoms with van der Waals surface area (Å²) in [6.45, 7) is 3.83. The van der Waals surface area contributed by atoms with E-state index in [0.29, 0.717) is 11.4 Å². The number of carbonyl (C=O) groups excluding carboxylic acids is 1. The molecule has 0 bridgehead atoms. The summed E-state index contributed by atoms with van der Waals surface area (Å²) in [5, 5.41) is 17.3. The molecule has 2 aromatic heterocycles. The molecular weight excluding hydrogens is 260 g/mol. The summed E-state index contributed by atoms with van der Waals surface area (Å²) in [4.78, 5) is 16.1. The van der Waals surface area contributed by atoms with Crippen molar-refractivity contribution in [3.63, 3.8) is 0 Å². The van der Waals surface area contributed by atoms with Gasteiger partial charge < -0.3 is 9.84 Å². The van der Waals surface area contributed by atoms with E-state index in [1.807, 2.05) is 0 Å². The van der Waals surface area contributed by atoms with Gasteiger partial charge in [-0.15, -0.1) is 5.10 Å². The number of aliphatic hydroxyl groups excluding tert-OH is 1. The van der Waals surface area contributed by atoms with Crippen molar-refractivity contribution in [2.24, 2.45) is 0 Å². The van der Waals surface area contributed by atoms with Crippen LogP contribution in [0.3, 0.4) is 0 Å². The second-order valence-electron chi connectivity index (χ2n) is 4.25. The first-order chi connectivity index (χ1) is 9.63. The van der Waals surface area contributed by atoms with Crippen LogP contribution in [0, 0.1) is 0 Å². The molecule has 1 N–H and O–H groups in total. The van der Waals surface area contributed by atoms with Gasteiger partial charge in [0.15, 0.2) is 5.69 Å². The fraction of sp³-hybridized carbons (Fsp3) is 0.385. The maximum Gasteiger partial charge on any atom is 0.361 e. The topological polar surface area (TPSA) is 90.1 Å². The van der Waals surface area contributed by atoms with Crippen molar-refractivity contribution >= 4 is 5.97 Å². The third-order valence-electron chi connectivity index (χ3n) is 2.55. The Morgan fingerprint density at radius 1 is 1.50 bits per heavy atom. The van der Waals surface area contributed by atoms with Crippen molar-refractivity contribution in [3.8, 4) is 11.4 Å². The maximum absolute atomic E-state index is 11.9. The van der Waals surface area contributed by atoms with Crippen LogP contribution in [0.25, 0.3) is 11.4 Å². The summed E-state index contributed by atoms with van der Waals surface area (Å²) in [5.41, 5.74) is 1.11. The lowest BCUT2D eigenvalue weighted by molar-refractivity contribution is 0.0520. The van der Waals surface area contributed by atoms with Crippen LogP contribution in [0.1, 0.15) is 24.3 Å². The number of ether oxygens (including phenoxy) is 1. The van der Waals surface area contributed by atoms with E-state index in [-0.39, 0.29) is 18.8 Å². The van der Waals surface area contributed by atoms with E-state index in [2.05, 4.69) is 15.3 Å². The zero-order valence-electron chi connectivity index (χ0n) is 11.4. The Labute approximate surface area is 116 Å². The fourth-order valence-electron chi connectivity index (χ4n) is 1.78. The number of rotatable bonds is 5. The first kappa shape index (κ1) is 14.1. The van der Waals surface area contributed by atoms with E-state index < -0.39 is 12.1 Å². The van der Waals surface area contributed by atoms with Crippen molar-refractivity contribution < 1.29 is 14.6 Å². The minimum Gasteiger partial charge on any atom is -0.461 e. The van der Waals surface area contributed by atoms with Crippen LogP contribution in [0.4, 0.5) is 0 Å². The number of aliphatic hydroxyl groups is 1. The van der Waals surface area contributed by atoms with E-state index in [0.717, 1.165) is 0 Å². The molecule has 0 aliphatic carbocycles. The third kappa shape index (κ3) is 3.00. The molecule has 0 saturated heterocycles. The van der Waals surface area contributed by atoms with E-state index >= 15 is 0 Å². The average molecular weight is 276 g/mol. The molecule has 2 aromatic rings. The Morgan fingerprint density at radius 3 is 2.90 bits per heavy atom. The van der Waals surface area contributed by atoms with Gasteiger partial charge in [-0.1, -0.05) is 11.3 Å². The van der Waals surface area contributed by atoms with Gasteiger partial charge in [0.05, 0.1) is 24.9 Å².